The first-order valence-electron chi connectivity index (χ1n) is 6.73. The second kappa shape index (κ2) is 5.99. The van der Waals surface area contributed by atoms with Crippen molar-refractivity contribution in [3.63, 3.8) is 0 Å². The number of ether oxygens (including phenoxy) is 3. The van der Waals surface area contributed by atoms with E-state index in [2.05, 4.69) is 0 Å². The fourth-order valence-electron chi connectivity index (χ4n) is 2.49. The quantitative estimate of drug-likeness (QED) is 0.798. The Kier molecular flexibility index (Phi) is 4.31. The van der Waals surface area contributed by atoms with Crippen LogP contribution in [0.2, 0.25) is 0 Å². The number of methoxy groups -OCH3 is 1. The molecule has 0 spiro atoms. The topological polar surface area (TPSA) is 61.8 Å². The molecule has 1 atom stereocenters. The average Bonchev–Trinajstić information content (AvgIpc) is 2.71. The highest BCUT2D eigenvalue weighted by Crippen LogP contribution is 2.44. The van der Waals surface area contributed by atoms with Gasteiger partial charge >= 0.3 is 11.9 Å². The van der Waals surface area contributed by atoms with E-state index in [1.807, 2.05) is 13.0 Å². The first-order chi connectivity index (χ1) is 9.99. The lowest BCUT2D eigenvalue weighted by Crippen LogP contribution is -2.18. The monoisotopic (exact) mass is 290 g/mol. The van der Waals surface area contributed by atoms with Gasteiger partial charge in [0.1, 0.15) is 17.4 Å². The summed E-state index contributed by atoms with van der Waals surface area (Å²) in [7, 11) is 1.56. The van der Waals surface area contributed by atoms with Crippen molar-refractivity contribution in [1.29, 1.82) is 0 Å². The molecule has 2 rings (SSSR count). The van der Waals surface area contributed by atoms with Crippen molar-refractivity contribution >= 4 is 17.5 Å². The van der Waals surface area contributed by atoms with E-state index >= 15 is 0 Å². The summed E-state index contributed by atoms with van der Waals surface area (Å²) < 4.78 is 15.6. The Hall–Kier alpha value is -2.30. The SMILES string of the molecule is CCOC(=O)C1C(OC(C)=O)=C(C)c2ccc(OC)cc21. The molecule has 0 radical (unpaired) electrons. The largest absolute Gasteiger partial charge is 0.497 e. The van der Waals surface area contributed by atoms with E-state index in [9.17, 15) is 9.59 Å². The van der Waals surface area contributed by atoms with Crippen LogP contribution in [0.1, 0.15) is 37.8 Å². The lowest BCUT2D eigenvalue weighted by molar-refractivity contribution is -0.146. The van der Waals surface area contributed by atoms with Crippen molar-refractivity contribution in [1.82, 2.24) is 0 Å². The van der Waals surface area contributed by atoms with Crippen LogP contribution in [-0.4, -0.2) is 25.7 Å². The molecule has 1 aromatic carbocycles. The van der Waals surface area contributed by atoms with Gasteiger partial charge in [-0.05, 0) is 42.7 Å². The van der Waals surface area contributed by atoms with Gasteiger partial charge in [0.05, 0.1) is 13.7 Å². The number of rotatable bonds is 4. The maximum Gasteiger partial charge on any atom is 0.321 e. The van der Waals surface area contributed by atoms with E-state index in [4.69, 9.17) is 14.2 Å². The third-order valence-corrected chi connectivity index (χ3v) is 3.38. The zero-order chi connectivity index (χ0) is 15.6. The van der Waals surface area contributed by atoms with Gasteiger partial charge in [0.2, 0.25) is 0 Å². The summed E-state index contributed by atoms with van der Waals surface area (Å²) >= 11 is 0. The molecule has 1 aliphatic carbocycles. The minimum Gasteiger partial charge on any atom is -0.497 e. The fraction of sp³-hybridized carbons (Fsp3) is 0.375. The van der Waals surface area contributed by atoms with Crippen LogP contribution in [0.25, 0.3) is 5.57 Å². The van der Waals surface area contributed by atoms with Crippen LogP contribution in [0.4, 0.5) is 0 Å². The van der Waals surface area contributed by atoms with Crippen LogP contribution < -0.4 is 4.74 Å². The van der Waals surface area contributed by atoms with E-state index < -0.39 is 17.9 Å². The minimum atomic E-state index is -0.723. The second-order valence-electron chi connectivity index (χ2n) is 4.72. The van der Waals surface area contributed by atoms with Crippen LogP contribution in [0, 0.1) is 0 Å². The molecule has 1 aromatic rings. The number of esters is 2. The van der Waals surface area contributed by atoms with Gasteiger partial charge in [0.15, 0.2) is 0 Å². The molecule has 0 saturated carbocycles. The third kappa shape index (κ3) is 2.77. The smallest absolute Gasteiger partial charge is 0.321 e. The molecule has 0 saturated heterocycles. The molecule has 5 heteroatoms. The predicted octanol–water partition coefficient (Wildman–Crippen LogP) is 2.65. The molecule has 0 aliphatic heterocycles. The highest BCUT2D eigenvalue weighted by Gasteiger charge is 2.38. The van der Waals surface area contributed by atoms with Gasteiger partial charge in [-0.1, -0.05) is 6.07 Å². The highest BCUT2D eigenvalue weighted by molar-refractivity contribution is 5.92. The van der Waals surface area contributed by atoms with E-state index in [1.165, 1.54) is 6.92 Å². The minimum absolute atomic E-state index is 0.265. The predicted molar refractivity (Wildman–Crippen MR) is 76.7 cm³/mol. The number of carbonyl (C=O) groups excluding carboxylic acids is 2. The summed E-state index contributed by atoms with van der Waals surface area (Å²) in [5.41, 5.74) is 2.37. The zero-order valence-electron chi connectivity index (χ0n) is 12.6. The van der Waals surface area contributed by atoms with Gasteiger partial charge in [0.25, 0.3) is 0 Å². The van der Waals surface area contributed by atoms with Gasteiger partial charge in [-0.25, -0.2) is 0 Å². The summed E-state index contributed by atoms with van der Waals surface area (Å²) in [5.74, 6) is -0.637. The molecule has 1 unspecified atom stereocenters. The summed E-state index contributed by atoms with van der Waals surface area (Å²) in [4.78, 5) is 23.6. The molecule has 21 heavy (non-hydrogen) atoms. The van der Waals surface area contributed by atoms with Crippen molar-refractivity contribution in [3.05, 3.63) is 35.1 Å². The standard InChI is InChI=1S/C16H18O5/c1-5-20-16(18)14-13-8-11(19-4)6-7-12(13)9(2)15(14)21-10(3)17/h6-8,14H,5H2,1-4H3. The molecular weight excluding hydrogens is 272 g/mol. The van der Waals surface area contributed by atoms with Crippen LogP contribution in [0.5, 0.6) is 5.75 Å². The molecule has 1 aliphatic rings. The normalized spacial score (nSPS) is 16.5. The molecule has 112 valence electrons. The van der Waals surface area contributed by atoms with E-state index in [0.29, 0.717) is 11.5 Å². The molecule has 0 fully saturated rings. The van der Waals surface area contributed by atoms with Crippen LogP contribution in [0.15, 0.2) is 24.0 Å². The summed E-state index contributed by atoms with van der Waals surface area (Å²) in [5, 5.41) is 0. The Morgan fingerprint density at radius 1 is 1.29 bits per heavy atom. The van der Waals surface area contributed by atoms with E-state index in [-0.39, 0.29) is 6.61 Å². The summed E-state index contributed by atoms with van der Waals surface area (Å²) in [6, 6.07) is 5.43. The third-order valence-electron chi connectivity index (χ3n) is 3.38. The Balaban J connectivity index is 2.52. The highest BCUT2D eigenvalue weighted by atomic mass is 16.6. The first kappa shape index (κ1) is 15.1. The Morgan fingerprint density at radius 3 is 2.57 bits per heavy atom. The summed E-state index contributed by atoms with van der Waals surface area (Å²) in [6.07, 6.45) is 0. The van der Waals surface area contributed by atoms with Crippen LogP contribution in [-0.2, 0) is 19.1 Å². The van der Waals surface area contributed by atoms with Gasteiger partial charge < -0.3 is 14.2 Å². The van der Waals surface area contributed by atoms with Crippen LogP contribution in [0.3, 0.4) is 0 Å². The lowest BCUT2D eigenvalue weighted by Gasteiger charge is -2.15. The lowest BCUT2D eigenvalue weighted by atomic mass is 9.99. The number of allylic oxidation sites excluding steroid dienone is 1. The van der Waals surface area contributed by atoms with Crippen LogP contribution >= 0.6 is 0 Å². The molecule has 0 amide bonds. The maximum absolute atomic E-state index is 12.3. The van der Waals surface area contributed by atoms with Gasteiger partial charge in [-0.15, -0.1) is 0 Å². The number of benzene rings is 1. The van der Waals surface area contributed by atoms with E-state index in [0.717, 1.165) is 16.7 Å². The first-order valence-corrected chi connectivity index (χ1v) is 6.73. The van der Waals surface area contributed by atoms with Crippen molar-refractivity contribution in [2.24, 2.45) is 0 Å². The van der Waals surface area contributed by atoms with Crippen molar-refractivity contribution in [2.45, 2.75) is 26.7 Å². The van der Waals surface area contributed by atoms with Gasteiger partial charge in [0, 0.05) is 6.92 Å². The number of hydrogen-bond donors (Lipinski definition) is 0. The van der Waals surface area contributed by atoms with Crippen molar-refractivity contribution < 1.29 is 23.8 Å². The van der Waals surface area contributed by atoms with Gasteiger partial charge in [-0.2, -0.15) is 0 Å². The van der Waals surface area contributed by atoms with Gasteiger partial charge in [-0.3, -0.25) is 9.59 Å². The molecule has 0 heterocycles. The number of fused-ring (bicyclic) bond motifs is 1. The second-order valence-corrected chi connectivity index (χ2v) is 4.72. The van der Waals surface area contributed by atoms with E-state index in [1.54, 1.807) is 26.2 Å². The fourth-order valence-corrected chi connectivity index (χ4v) is 2.49. The Labute approximate surface area is 123 Å². The number of hydrogen-bond acceptors (Lipinski definition) is 5. The molecule has 0 N–H and O–H groups in total. The molecular formula is C16H18O5. The molecule has 0 aromatic heterocycles. The molecule has 5 nitrogen and oxygen atoms in total. The number of carbonyl (C=O) groups is 2. The summed E-state index contributed by atoms with van der Waals surface area (Å²) in [6.45, 7) is 5.14. The Morgan fingerprint density at radius 2 is 2.00 bits per heavy atom. The maximum atomic E-state index is 12.3. The van der Waals surface area contributed by atoms with Crippen molar-refractivity contribution in [3.8, 4) is 5.75 Å². The Bertz CT molecular complexity index is 615. The molecule has 0 bridgehead atoms. The van der Waals surface area contributed by atoms with Crippen molar-refractivity contribution in [2.75, 3.05) is 13.7 Å². The average molecular weight is 290 g/mol. The zero-order valence-corrected chi connectivity index (χ0v) is 12.6.